The molecule has 126 valence electrons. The van der Waals surface area contributed by atoms with Gasteiger partial charge in [0.1, 0.15) is 0 Å². The van der Waals surface area contributed by atoms with Crippen LogP contribution in [0.2, 0.25) is 0 Å². The molecule has 0 aliphatic rings. The SMILES string of the molecule is CC(O)CCCCn1ccc(=O)n(CCCCC(C)O)c1=O. The second kappa shape index (κ2) is 9.58. The van der Waals surface area contributed by atoms with Crippen LogP contribution in [-0.4, -0.2) is 31.6 Å². The molecular weight excluding hydrogens is 284 g/mol. The zero-order chi connectivity index (χ0) is 16.5. The normalized spacial score (nSPS) is 14.0. The van der Waals surface area contributed by atoms with Crippen molar-refractivity contribution in [3.8, 4) is 0 Å². The van der Waals surface area contributed by atoms with Gasteiger partial charge < -0.3 is 14.8 Å². The van der Waals surface area contributed by atoms with E-state index >= 15 is 0 Å². The van der Waals surface area contributed by atoms with E-state index < -0.39 is 0 Å². The second-order valence-corrected chi connectivity index (χ2v) is 5.97. The smallest absolute Gasteiger partial charge is 0.330 e. The number of aryl methyl sites for hydroxylation is 1. The van der Waals surface area contributed by atoms with Crippen LogP contribution in [0.4, 0.5) is 0 Å². The van der Waals surface area contributed by atoms with Crippen molar-refractivity contribution >= 4 is 0 Å². The van der Waals surface area contributed by atoms with Crippen molar-refractivity contribution in [1.29, 1.82) is 0 Å². The van der Waals surface area contributed by atoms with Crippen LogP contribution in [-0.2, 0) is 13.1 Å². The summed E-state index contributed by atoms with van der Waals surface area (Å²) in [5.74, 6) is 0. The van der Waals surface area contributed by atoms with Gasteiger partial charge in [-0.2, -0.15) is 0 Å². The molecule has 1 rings (SSSR count). The maximum atomic E-state index is 12.3. The van der Waals surface area contributed by atoms with Crippen LogP contribution < -0.4 is 11.2 Å². The van der Waals surface area contributed by atoms with Crippen molar-refractivity contribution < 1.29 is 10.2 Å². The zero-order valence-corrected chi connectivity index (χ0v) is 13.6. The molecule has 1 aromatic heterocycles. The first-order valence-electron chi connectivity index (χ1n) is 8.08. The van der Waals surface area contributed by atoms with Gasteiger partial charge in [0, 0.05) is 25.4 Å². The number of aliphatic hydroxyl groups excluding tert-OH is 2. The first kappa shape index (κ1) is 18.6. The Morgan fingerprint density at radius 3 is 2.05 bits per heavy atom. The topological polar surface area (TPSA) is 84.5 Å². The molecule has 0 aromatic carbocycles. The van der Waals surface area contributed by atoms with Crippen molar-refractivity contribution in [2.75, 3.05) is 0 Å². The minimum absolute atomic E-state index is 0.276. The van der Waals surface area contributed by atoms with Gasteiger partial charge in [0.05, 0.1) is 12.2 Å². The Morgan fingerprint density at radius 1 is 0.955 bits per heavy atom. The lowest BCUT2D eigenvalue weighted by Gasteiger charge is -2.10. The van der Waals surface area contributed by atoms with Gasteiger partial charge in [0.15, 0.2) is 0 Å². The Bertz CT molecular complexity index is 546. The lowest BCUT2D eigenvalue weighted by atomic mass is 10.2. The Hall–Kier alpha value is -1.40. The minimum Gasteiger partial charge on any atom is -0.393 e. The molecule has 0 bridgehead atoms. The lowest BCUT2D eigenvalue weighted by molar-refractivity contribution is 0.180. The molecule has 6 nitrogen and oxygen atoms in total. The fraction of sp³-hybridized carbons (Fsp3) is 0.750. The average Bonchev–Trinajstić information content (AvgIpc) is 2.44. The highest BCUT2D eigenvalue weighted by Crippen LogP contribution is 2.02. The monoisotopic (exact) mass is 312 g/mol. The standard InChI is InChI=1S/C16H28N2O4/c1-13(19)7-3-5-10-17-12-9-15(21)18(16(17)22)11-6-4-8-14(2)20/h9,12-14,19-20H,3-8,10-11H2,1-2H3. The third-order valence-electron chi connectivity index (χ3n) is 3.66. The number of aliphatic hydroxyl groups is 2. The summed E-state index contributed by atoms with van der Waals surface area (Å²) in [4.78, 5) is 24.1. The first-order valence-corrected chi connectivity index (χ1v) is 8.08. The van der Waals surface area contributed by atoms with Gasteiger partial charge in [-0.15, -0.1) is 0 Å². The summed E-state index contributed by atoms with van der Waals surface area (Å²) in [5, 5.41) is 18.4. The summed E-state index contributed by atoms with van der Waals surface area (Å²) in [5.41, 5.74) is -0.552. The largest absolute Gasteiger partial charge is 0.393 e. The van der Waals surface area contributed by atoms with E-state index in [2.05, 4.69) is 0 Å². The van der Waals surface area contributed by atoms with Crippen LogP contribution in [0.25, 0.3) is 0 Å². The minimum atomic E-state index is -0.349. The van der Waals surface area contributed by atoms with E-state index in [1.165, 1.54) is 10.6 Å². The van der Waals surface area contributed by atoms with Gasteiger partial charge in [-0.1, -0.05) is 0 Å². The van der Waals surface area contributed by atoms with Crippen molar-refractivity contribution in [2.24, 2.45) is 0 Å². The fourth-order valence-corrected chi connectivity index (χ4v) is 2.36. The summed E-state index contributed by atoms with van der Waals surface area (Å²) in [6.07, 6.45) is 5.39. The summed E-state index contributed by atoms with van der Waals surface area (Å²) >= 11 is 0. The molecule has 1 heterocycles. The predicted molar refractivity (Wildman–Crippen MR) is 86.0 cm³/mol. The number of unbranched alkanes of at least 4 members (excludes halogenated alkanes) is 2. The van der Waals surface area contributed by atoms with Crippen LogP contribution in [0.3, 0.4) is 0 Å². The Labute approximate surface area is 131 Å². The van der Waals surface area contributed by atoms with E-state index in [1.54, 1.807) is 24.6 Å². The quantitative estimate of drug-likeness (QED) is 0.634. The molecule has 0 amide bonds. The van der Waals surface area contributed by atoms with E-state index in [-0.39, 0.29) is 23.5 Å². The Balaban J connectivity index is 2.60. The van der Waals surface area contributed by atoms with Crippen LogP contribution >= 0.6 is 0 Å². The molecule has 0 saturated heterocycles. The van der Waals surface area contributed by atoms with Crippen LogP contribution in [0, 0.1) is 0 Å². The van der Waals surface area contributed by atoms with Crippen LogP contribution in [0.1, 0.15) is 52.4 Å². The third-order valence-corrected chi connectivity index (χ3v) is 3.66. The Kier molecular flexibility index (Phi) is 8.12. The molecule has 6 heteroatoms. The van der Waals surface area contributed by atoms with Gasteiger partial charge in [0.25, 0.3) is 5.56 Å². The molecule has 0 saturated carbocycles. The summed E-state index contributed by atoms with van der Waals surface area (Å²) < 4.78 is 2.81. The summed E-state index contributed by atoms with van der Waals surface area (Å²) in [6.45, 7) is 4.42. The van der Waals surface area contributed by atoms with Gasteiger partial charge in [-0.05, 0) is 52.4 Å². The molecule has 0 radical (unpaired) electrons. The van der Waals surface area contributed by atoms with Gasteiger partial charge in [-0.25, -0.2) is 4.79 Å². The van der Waals surface area contributed by atoms with Crippen molar-refractivity contribution in [1.82, 2.24) is 9.13 Å². The highest BCUT2D eigenvalue weighted by atomic mass is 16.3. The van der Waals surface area contributed by atoms with Gasteiger partial charge >= 0.3 is 5.69 Å². The lowest BCUT2D eigenvalue weighted by Crippen LogP contribution is -2.39. The molecule has 22 heavy (non-hydrogen) atoms. The van der Waals surface area contributed by atoms with Crippen molar-refractivity contribution in [2.45, 2.75) is 77.7 Å². The molecular formula is C16H28N2O4. The molecule has 2 N–H and O–H groups in total. The number of nitrogens with zero attached hydrogens (tertiary/aromatic N) is 2. The summed E-state index contributed by atoms with van der Waals surface area (Å²) in [6, 6.07) is 1.42. The molecule has 0 aliphatic heterocycles. The van der Waals surface area contributed by atoms with Crippen molar-refractivity contribution in [3.05, 3.63) is 33.1 Å². The van der Waals surface area contributed by atoms with E-state index in [9.17, 15) is 19.8 Å². The molecule has 0 spiro atoms. The van der Waals surface area contributed by atoms with Crippen LogP contribution in [0.5, 0.6) is 0 Å². The maximum Gasteiger partial charge on any atom is 0.330 e. The molecule has 0 fully saturated rings. The molecule has 0 aliphatic carbocycles. The third kappa shape index (κ3) is 6.58. The molecule has 1 aromatic rings. The maximum absolute atomic E-state index is 12.3. The zero-order valence-electron chi connectivity index (χ0n) is 13.6. The fourth-order valence-electron chi connectivity index (χ4n) is 2.36. The number of hydrogen-bond donors (Lipinski definition) is 2. The van der Waals surface area contributed by atoms with E-state index in [0.717, 1.165) is 19.3 Å². The Morgan fingerprint density at radius 2 is 1.50 bits per heavy atom. The highest BCUT2D eigenvalue weighted by Gasteiger charge is 2.06. The number of hydrogen-bond acceptors (Lipinski definition) is 4. The van der Waals surface area contributed by atoms with Gasteiger partial charge in [0.2, 0.25) is 0 Å². The van der Waals surface area contributed by atoms with E-state index in [4.69, 9.17) is 0 Å². The van der Waals surface area contributed by atoms with E-state index in [1.807, 2.05) is 0 Å². The summed E-state index contributed by atoms with van der Waals surface area (Å²) in [7, 11) is 0. The van der Waals surface area contributed by atoms with Gasteiger partial charge in [-0.3, -0.25) is 9.36 Å². The van der Waals surface area contributed by atoms with Crippen molar-refractivity contribution in [3.63, 3.8) is 0 Å². The first-order chi connectivity index (χ1) is 10.4. The van der Waals surface area contributed by atoms with E-state index in [0.29, 0.717) is 32.4 Å². The number of rotatable bonds is 10. The predicted octanol–water partition coefficient (Wildman–Crippen LogP) is 1.11. The highest BCUT2D eigenvalue weighted by molar-refractivity contribution is 4.86. The number of aromatic nitrogens is 2. The van der Waals surface area contributed by atoms with Crippen LogP contribution in [0.15, 0.2) is 21.9 Å². The molecule has 2 unspecified atom stereocenters. The average molecular weight is 312 g/mol. The molecule has 2 atom stereocenters. The second-order valence-electron chi connectivity index (χ2n) is 5.97.